The second-order valence-electron chi connectivity index (χ2n) is 7.26. The fourth-order valence-corrected chi connectivity index (χ4v) is 3.91. The van der Waals surface area contributed by atoms with Gasteiger partial charge in [-0.25, -0.2) is 4.79 Å². The molecule has 0 aliphatic heterocycles. The maximum absolute atomic E-state index is 12.7. The summed E-state index contributed by atoms with van der Waals surface area (Å²) in [5.74, 6) is 0.0645. The topological polar surface area (TPSA) is 43.4 Å². The highest BCUT2D eigenvalue weighted by Gasteiger charge is 2.54. The van der Waals surface area contributed by atoms with Gasteiger partial charge in [-0.1, -0.05) is 38.2 Å². The highest BCUT2D eigenvalue weighted by molar-refractivity contribution is 5.98. The van der Waals surface area contributed by atoms with E-state index in [1.54, 1.807) is 13.0 Å². The van der Waals surface area contributed by atoms with E-state index in [2.05, 4.69) is 26.5 Å². The maximum atomic E-state index is 12.7. The lowest BCUT2D eigenvalue weighted by molar-refractivity contribution is -0.160. The van der Waals surface area contributed by atoms with Crippen LogP contribution in [0.3, 0.4) is 0 Å². The Morgan fingerprint density at radius 3 is 2.65 bits per heavy atom. The number of hydrogen-bond donors (Lipinski definition) is 0. The van der Waals surface area contributed by atoms with Gasteiger partial charge in [0.2, 0.25) is 0 Å². The van der Waals surface area contributed by atoms with Crippen LogP contribution in [0.1, 0.15) is 53.9 Å². The van der Waals surface area contributed by atoms with Crippen LogP contribution in [-0.4, -0.2) is 17.9 Å². The van der Waals surface area contributed by atoms with E-state index in [-0.39, 0.29) is 29.7 Å². The lowest BCUT2D eigenvalue weighted by atomic mass is 9.55. The minimum absolute atomic E-state index is 0.112. The van der Waals surface area contributed by atoms with Crippen molar-refractivity contribution in [2.75, 3.05) is 0 Å². The molecule has 0 amide bonds. The highest BCUT2D eigenvalue weighted by Crippen LogP contribution is 2.53. The lowest BCUT2D eigenvalue weighted by Crippen LogP contribution is -2.53. The van der Waals surface area contributed by atoms with Crippen molar-refractivity contribution in [3.05, 3.63) is 35.5 Å². The molecule has 2 rings (SSSR count). The molecule has 4 unspecified atom stereocenters. The van der Waals surface area contributed by atoms with Gasteiger partial charge in [0, 0.05) is 28.9 Å². The number of esters is 1. The second kappa shape index (κ2) is 6.46. The van der Waals surface area contributed by atoms with E-state index in [1.807, 2.05) is 13.8 Å². The van der Waals surface area contributed by atoms with Crippen molar-refractivity contribution >= 4 is 11.8 Å². The molecule has 1 saturated carbocycles. The number of carbonyl (C=O) groups is 2. The molecule has 0 N–H and O–H groups in total. The van der Waals surface area contributed by atoms with Crippen molar-refractivity contribution in [1.29, 1.82) is 0 Å². The maximum Gasteiger partial charge on any atom is 0.333 e. The largest absolute Gasteiger partial charge is 0.457 e. The summed E-state index contributed by atoms with van der Waals surface area (Å²) in [6.45, 7) is 13.8. The van der Waals surface area contributed by atoms with Crippen molar-refractivity contribution in [2.24, 2.45) is 17.3 Å². The zero-order chi connectivity index (χ0) is 17.4. The van der Waals surface area contributed by atoms with Crippen LogP contribution in [0.5, 0.6) is 0 Å². The van der Waals surface area contributed by atoms with Gasteiger partial charge in [0.1, 0.15) is 6.10 Å². The molecule has 0 bridgehead atoms. The number of ketones is 1. The Kier molecular flexibility index (Phi) is 4.98. The summed E-state index contributed by atoms with van der Waals surface area (Å²) in [6.07, 6.45) is 5.80. The van der Waals surface area contributed by atoms with E-state index in [4.69, 9.17) is 4.74 Å². The van der Waals surface area contributed by atoms with E-state index in [1.165, 1.54) is 0 Å². The second-order valence-corrected chi connectivity index (χ2v) is 7.26. The van der Waals surface area contributed by atoms with Crippen LogP contribution in [0.4, 0.5) is 0 Å². The van der Waals surface area contributed by atoms with Gasteiger partial charge in [-0.15, -0.1) is 0 Å². The number of ether oxygens (including phenoxy) is 1. The Bertz CT molecular complexity index is 596. The molecule has 23 heavy (non-hydrogen) atoms. The van der Waals surface area contributed by atoms with Crippen LogP contribution < -0.4 is 0 Å². The smallest absolute Gasteiger partial charge is 0.333 e. The number of rotatable bonds is 3. The minimum atomic E-state index is -0.430. The summed E-state index contributed by atoms with van der Waals surface area (Å²) >= 11 is 0. The van der Waals surface area contributed by atoms with Crippen LogP contribution in [0.25, 0.3) is 0 Å². The molecule has 2 aliphatic carbocycles. The van der Waals surface area contributed by atoms with E-state index in [0.717, 1.165) is 24.0 Å². The zero-order valence-corrected chi connectivity index (χ0v) is 14.9. The quantitative estimate of drug-likeness (QED) is 0.440. The molecule has 0 aromatic heterocycles. The first kappa shape index (κ1) is 17.7. The SMILES string of the molecule is C=C(C)C1CC(=O)C2=CCCC(C)C2(C)C1OC(=O)C(C)=CC. The molecule has 3 heteroatoms. The standard InChI is InChI=1S/C20H28O3/c1-7-13(4)19(22)23-18-15(12(2)3)11-17(21)16-10-8-9-14(5)20(16,18)6/h7,10,14-15,18H,2,8-9,11H2,1,3-6H3. The highest BCUT2D eigenvalue weighted by atomic mass is 16.5. The molecule has 4 atom stereocenters. The summed E-state index contributed by atoms with van der Waals surface area (Å²) in [6, 6.07) is 0. The van der Waals surface area contributed by atoms with Gasteiger partial charge in [0.25, 0.3) is 0 Å². The van der Waals surface area contributed by atoms with Crippen LogP contribution in [0.15, 0.2) is 35.5 Å². The Balaban J connectivity index is 2.49. The Hall–Kier alpha value is -1.64. The monoisotopic (exact) mass is 316 g/mol. The first-order chi connectivity index (χ1) is 10.7. The number of fused-ring (bicyclic) bond motifs is 1. The van der Waals surface area contributed by atoms with Gasteiger partial charge in [-0.2, -0.15) is 0 Å². The minimum Gasteiger partial charge on any atom is -0.457 e. The molecular formula is C20H28O3. The van der Waals surface area contributed by atoms with Gasteiger partial charge in [0.15, 0.2) is 5.78 Å². The number of allylic oxidation sites excluding steroid dienone is 2. The van der Waals surface area contributed by atoms with Gasteiger partial charge >= 0.3 is 5.97 Å². The molecule has 0 aromatic rings. The molecular weight excluding hydrogens is 288 g/mol. The molecule has 1 fully saturated rings. The fraction of sp³-hybridized carbons (Fsp3) is 0.600. The normalized spacial score (nSPS) is 34.5. The van der Waals surface area contributed by atoms with E-state index >= 15 is 0 Å². The molecule has 0 heterocycles. The molecule has 0 radical (unpaired) electrons. The summed E-state index contributed by atoms with van der Waals surface area (Å²) in [7, 11) is 0. The first-order valence-electron chi connectivity index (χ1n) is 8.46. The van der Waals surface area contributed by atoms with E-state index in [0.29, 0.717) is 12.0 Å². The van der Waals surface area contributed by atoms with Crippen LogP contribution >= 0.6 is 0 Å². The number of carbonyl (C=O) groups excluding carboxylic acids is 2. The Morgan fingerprint density at radius 1 is 1.43 bits per heavy atom. The fourth-order valence-electron chi connectivity index (χ4n) is 3.91. The third kappa shape index (κ3) is 2.93. The Labute approximate surface area is 139 Å². The molecule has 0 aromatic carbocycles. The van der Waals surface area contributed by atoms with E-state index in [9.17, 15) is 9.59 Å². The summed E-state index contributed by atoms with van der Waals surface area (Å²) in [5.41, 5.74) is 1.93. The average molecular weight is 316 g/mol. The van der Waals surface area contributed by atoms with Crippen LogP contribution in [0.2, 0.25) is 0 Å². The first-order valence-corrected chi connectivity index (χ1v) is 8.46. The summed E-state index contributed by atoms with van der Waals surface area (Å²) in [5, 5.41) is 0. The van der Waals surface area contributed by atoms with Gasteiger partial charge in [0.05, 0.1) is 0 Å². The Morgan fingerprint density at radius 2 is 2.09 bits per heavy atom. The third-order valence-corrected chi connectivity index (χ3v) is 5.84. The third-order valence-electron chi connectivity index (χ3n) is 5.84. The van der Waals surface area contributed by atoms with Crippen molar-refractivity contribution < 1.29 is 14.3 Å². The van der Waals surface area contributed by atoms with E-state index < -0.39 is 5.41 Å². The van der Waals surface area contributed by atoms with Crippen molar-refractivity contribution in [3.8, 4) is 0 Å². The summed E-state index contributed by atoms with van der Waals surface area (Å²) in [4.78, 5) is 25.0. The molecule has 126 valence electrons. The lowest BCUT2D eigenvalue weighted by Gasteiger charge is -2.51. The molecule has 0 saturated heterocycles. The van der Waals surface area contributed by atoms with Gasteiger partial charge in [-0.05, 0) is 39.5 Å². The average Bonchev–Trinajstić information content (AvgIpc) is 2.50. The molecule has 2 aliphatic rings. The zero-order valence-electron chi connectivity index (χ0n) is 14.9. The van der Waals surface area contributed by atoms with Gasteiger partial charge in [-0.3, -0.25) is 4.79 Å². The van der Waals surface area contributed by atoms with Crippen molar-refractivity contribution in [2.45, 2.75) is 60.0 Å². The van der Waals surface area contributed by atoms with Crippen LogP contribution in [-0.2, 0) is 14.3 Å². The van der Waals surface area contributed by atoms with Crippen LogP contribution in [0, 0.1) is 17.3 Å². The van der Waals surface area contributed by atoms with Gasteiger partial charge < -0.3 is 4.74 Å². The summed E-state index contributed by atoms with van der Waals surface area (Å²) < 4.78 is 5.95. The number of hydrogen-bond acceptors (Lipinski definition) is 3. The molecule has 3 nitrogen and oxygen atoms in total. The predicted octanol–water partition coefficient (Wildman–Crippen LogP) is 4.39. The number of Topliss-reactive ketones (excluding diaryl/α,β-unsaturated/α-hetero) is 1. The molecule has 0 spiro atoms. The van der Waals surface area contributed by atoms with Crippen molar-refractivity contribution in [1.82, 2.24) is 0 Å². The van der Waals surface area contributed by atoms with Crippen molar-refractivity contribution in [3.63, 3.8) is 0 Å². The predicted molar refractivity (Wildman–Crippen MR) is 91.8 cm³/mol.